The Balaban J connectivity index is 2.08. The minimum absolute atomic E-state index is 0.0725. The number of carboxylic acids is 1. The summed E-state index contributed by atoms with van der Waals surface area (Å²) < 4.78 is 5.11. The molecule has 2 aliphatic rings. The quantitative estimate of drug-likeness (QED) is 0.676. The molecule has 2 rings (SSSR count). The molecule has 1 aliphatic heterocycles. The number of hydrogen-bond acceptors (Lipinski definition) is 4. The number of amides is 1. The summed E-state index contributed by atoms with van der Waals surface area (Å²) in [5.41, 5.74) is 5.88. The van der Waals surface area contributed by atoms with E-state index in [4.69, 9.17) is 15.6 Å². The van der Waals surface area contributed by atoms with Gasteiger partial charge in [0, 0.05) is 12.6 Å². The maximum absolute atomic E-state index is 12.3. The Kier molecular flexibility index (Phi) is 3.63. The van der Waals surface area contributed by atoms with Gasteiger partial charge in [-0.2, -0.15) is 0 Å². The molecule has 0 aromatic heterocycles. The van der Waals surface area contributed by atoms with Crippen LogP contribution in [0.3, 0.4) is 0 Å². The lowest BCUT2D eigenvalue weighted by Crippen LogP contribution is -2.55. The maximum Gasteiger partial charge on any atom is 0.328 e. The average molecular weight is 242 g/mol. The zero-order valence-electron chi connectivity index (χ0n) is 9.67. The lowest BCUT2D eigenvalue weighted by molar-refractivity contribution is -0.160. The minimum Gasteiger partial charge on any atom is -0.480 e. The van der Waals surface area contributed by atoms with E-state index in [1.807, 2.05) is 0 Å². The first-order chi connectivity index (χ1) is 8.11. The number of hydrogen-bond donors (Lipinski definition) is 2. The van der Waals surface area contributed by atoms with Crippen LogP contribution in [-0.4, -0.2) is 53.7 Å². The first kappa shape index (κ1) is 12.3. The van der Waals surface area contributed by atoms with Crippen LogP contribution in [-0.2, 0) is 14.3 Å². The number of nitrogens with zero attached hydrogens (tertiary/aromatic N) is 1. The van der Waals surface area contributed by atoms with Gasteiger partial charge in [-0.15, -0.1) is 0 Å². The molecule has 0 aromatic rings. The highest BCUT2D eigenvalue weighted by atomic mass is 16.5. The van der Waals surface area contributed by atoms with Gasteiger partial charge in [-0.05, 0) is 12.8 Å². The van der Waals surface area contributed by atoms with Crippen LogP contribution in [0.4, 0.5) is 0 Å². The highest BCUT2D eigenvalue weighted by Gasteiger charge is 2.39. The summed E-state index contributed by atoms with van der Waals surface area (Å²) in [5, 5.41) is 9.06. The Morgan fingerprint density at radius 2 is 2.12 bits per heavy atom. The van der Waals surface area contributed by atoms with E-state index in [0.717, 1.165) is 19.3 Å². The van der Waals surface area contributed by atoms with Crippen molar-refractivity contribution in [3.05, 3.63) is 0 Å². The molecule has 3 unspecified atom stereocenters. The van der Waals surface area contributed by atoms with Gasteiger partial charge in [0.25, 0.3) is 0 Å². The summed E-state index contributed by atoms with van der Waals surface area (Å²) in [5.74, 6) is -1.34. The van der Waals surface area contributed by atoms with E-state index >= 15 is 0 Å². The van der Waals surface area contributed by atoms with E-state index in [0.29, 0.717) is 13.2 Å². The van der Waals surface area contributed by atoms with Crippen molar-refractivity contribution in [1.82, 2.24) is 4.90 Å². The highest BCUT2D eigenvalue weighted by Crippen LogP contribution is 2.27. The molecule has 1 amide bonds. The fraction of sp³-hybridized carbons (Fsp3) is 0.818. The van der Waals surface area contributed by atoms with Crippen LogP contribution < -0.4 is 5.73 Å². The predicted octanol–water partition coefficient (Wildman–Crippen LogP) is -0.574. The second-order valence-electron chi connectivity index (χ2n) is 4.66. The molecule has 1 aliphatic carbocycles. The SMILES string of the molecule is NC1CCCC1C(=O)N1CCOCC1C(=O)O. The fourth-order valence-corrected chi connectivity index (χ4v) is 2.58. The van der Waals surface area contributed by atoms with Gasteiger partial charge in [-0.25, -0.2) is 4.79 Å². The molecule has 1 saturated carbocycles. The number of morpholine rings is 1. The number of ether oxygens (including phenoxy) is 1. The molecule has 0 radical (unpaired) electrons. The van der Waals surface area contributed by atoms with Crippen molar-refractivity contribution < 1.29 is 19.4 Å². The number of aliphatic carboxylic acids is 1. The lowest BCUT2D eigenvalue weighted by atomic mass is 10.0. The van der Waals surface area contributed by atoms with Crippen molar-refractivity contribution in [1.29, 1.82) is 0 Å². The lowest BCUT2D eigenvalue weighted by Gasteiger charge is -2.35. The first-order valence-corrected chi connectivity index (χ1v) is 5.98. The van der Waals surface area contributed by atoms with Crippen LogP contribution >= 0.6 is 0 Å². The zero-order chi connectivity index (χ0) is 12.4. The topological polar surface area (TPSA) is 92.9 Å². The molecule has 0 spiro atoms. The van der Waals surface area contributed by atoms with Gasteiger partial charge in [-0.1, -0.05) is 6.42 Å². The Labute approximate surface area is 99.7 Å². The van der Waals surface area contributed by atoms with Crippen molar-refractivity contribution in [2.75, 3.05) is 19.8 Å². The summed E-state index contributed by atoms with van der Waals surface area (Å²) in [4.78, 5) is 24.7. The van der Waals surface area contributed by atoms with Crippen LogP contribution in [0.5, 0.6) is 0 Å². The molecule has 6 heteroatoms. The van der Waals surface area contributed by atoms with Crippen LogP contribution in [0, 0.1) is 5.92 Å². The second-order valence-corrected chi connectivity index (χ2v) is 4.66. The number of rotatable bonds is 2. The van der Waals surface area contributed by atoms with Crippen molar-refractivity contribution >= 4 is 11.9 Å². The minimum atomic E-state index is -1.01. The van der Waals surface area contributed by atoms with Gasteiger partial charge in [0.15, 0.2) is 6.04 Å². The third-order valence-electron chi connectivity index (χ3n) is 3.58. The van der Waals surface area contributed by atoms with Crippen LogP contribution in [0.1, 0.15) is 19.3 Å². The molecule has 0 bridgehead atoms. The molecule has 1 heterocycles. The molecular weight excluding hydrogens is 224 g/mol. The van der Waals surface area contributed by atoms with Crippen molar-refractivity contribution in [3.63, 3.8) is 0 Å². The number of carboxylic acid groups (broad SMARTS) is 1. The van der Waals surface area contributed by atoms with Crippen LogP contribution in [0.25, 0.3) is 0 Å². The van der Waals surface area contributed by atoms with Gasteiger partial charge in [0.1, 0.15) is 0 Å². The standard InChI is InChI=1S/C11H18N2O4/c12-8-3-1-2-7(8)10(14)13-4-5-17-6-9(13)11(15)16/h7-9H,1-6,12H2,(H,15,16). The summed E-state index contributed by atoms with van der Waals surface area (Å²) in [7, 11) is 0. The van der Waals surface area contributed by atoms with E-state index in [-0.39, 0.29) is 24.5 Å². The Bertz CT molecular complexity index is 321. The zero-order valence-corrected chi connectivity index (χ0v) is 9.67. The smallest absolute Gasteiger partial charge is 0.328 e. The molecular formula is C11H18N2O4. The van der Waals surface area contributed by atoms with E-state index in [1.165, 1.54) is 4.90 Å². The molecule has 3 N–H and O–H groups in total. The Hall–Kier alpha value is -1.14. The molecule has 3 atom stereocenters. The monoisotopic (exact) mass is 242 g/mol. The van der Waals surface area contributed by atoms with Crippen LogP contribution in [0.2, 0.25) is 0 Å². The summed E-state index contributed by atoms with van der Waals surface area (Å²) in [6.45, 7) is 0.819. The fourth-order valence-electron chi connectivity index (χ4n) is 2.58. The molecule has 0 aromatic carbocycles. The predicted molar refractivity (Wildman–Crippen MR) is 59.3 cm³/mol. The van der Waals surface area contributed by atoms with E-state index in [2.05, 4.69) is 0 Å². The summed E-state index contributed by atoms with van der Waals surface area (Å²) in [6, 6.07) is -0.983. The molecule has 6 nitrogen and oxygen atoms in total. The summed E-state index contributed by atoms with van der Waals surface area (Å²) >= 11 is 0. The van der Waals surface area contributed by atoms with Gasteiger partial charge < -0.3 is 20.5 Å². The van der Waals surface area contributed by atoms with E-state index in [9.17, 15) is 9.59 Å². The van der Waals surface area contributed by atoms with E-state index in [1.54, 1.807) is 0 Å². The third-order valence-corrected chi connectivity index (χ3v) is 3.58. The molecule has 17 heavy (non-hydrogen) atoms. The third kappa shape index (κ3) is 2.42. The first-order valence-electron chi connectivity index (χ1n) is 5.98. The maximum atomic E-state index is 12.3. The van der Waals surface area contributed by atoms with E-state index < -0.39 is 12.0 Å². The van der Waals surface area contributed by atoms with Crippen molar-refractivity contribution in [3.8, 4) is 0 Å². The molecule has 96 valence electrons. The normalized spacial score (nSPS) is 33.7. The van der Waals surface area contributed by atoms with Crippen LogP contribution in [0.15, 0.2) is 0 Å². The number of carbonyl (C=O) groups is 2. The average Bonchev–Trinajstić information content (AvgIpc) is 2.74. The molecule has 2 fully saturated rings. The van der Waals surface area contributed by atoms with Gasteiger partial charge in [0.2, 0.25) is 5.91 Å². The van der Waals surface area contributed by atoms with Gasteiger partial charge >= 0.3 is 5.97 Å². The Morgan fingerprint density at radius 3 is 2.71 bits per heavy atom. The van der Waals surface area contributed by atoms with Gasteiger partial charge in [0.05, 0.1) is 19.1 Å². The second kappa shape index (κ2) is 5.01. The highest BCUT2D eigenvalue weighted by molar-refractivity contribution is 5.86. The number of nitrogens with two attached hydrogens (primary N) is 1. The van der Waals surface area contributed by atoms with Gasteiger partial charge in [-0.3, -0.25) is 4.79 Å². The molecule has 1 saturated heterocycles. The largest absolute Gasteiger partial charge is 0.480 e. The van der Waals surface area contributed by atoms with Crippen molar-refractivity contribution in [2.45, 2.75) is 31.3 Å². The Morgan fingerprint density at radius 1 is 1.35 bits per heavy atom. The summed E-state index contributed by atoms with van der Waals surface area (Å²) in [6.07, 6.45) is 2.56. The van der Waals surface area contributed by atoms with Crippen molar-refractivity contribution in [2.24, 2.45) is 11.7 Å². The number of carbonyl (C=O) groups excluding carboxylic acids is 1.